The molecule has 0 aliphatic carbocycles. The monoisotopic (exact) mass is 152 g/mol. The van der Waals surface area contributed by atoms with Crippen molar-refractivity contribution in [1.82, 2.24) is 0 Å². The average molecular weight is 152 g/mol. The van der Waals surface area contributed by atoms with Crippen LogP contribution in [0.25, 0.3) is 0 Å². The fraction of sp³-hybridized carbons (Fsp3) is 0.600. The summed E-state index contributed by atoms with van der Waals surface area (Å²) in [5.74, 6) is 2.44. The minimum atomic E-state index is -0.301. The molecule has 1 nitrogen and oxygen atoms in total. The molecule has 0 radical (unpaired) electrons. The molecule has 0 saturated heterocycles. The van der Waals surface area contributed by atoms with E-state index < -0.39 is 0 Å². The predicted octanol–water partition coefficient (Wildman–Crippen LogP) is 2.12. The Kier molecular flexibility index (Phi) is 6.87. The Morgan fingerprint density at radius 1 is 1.64 bits per heavy atom. The quantitative estimate of drug-likeness (QED) is 0.363. The van der Waals surface area contributed by atoms with Crippen LogP contribution in [0, 0.1) is 12.3 Å². The molecular formula is C10H16O. The van der Waals surface area contributed by atoms with E-state index in [0.717, 1.165) is 19.3 Å². The van der Waals surface area contributed by atoms with Gasteiger partial charge in [-0.3, -0.25) is 0 Å². The van der Waals surface area contributed by atoms with Crippen LogP contribution in [0.1, 0.15) is 32.6 Å². The Bertz CT molecular complexity index is 141. The summed E-state index contributed by atoms with van der Waals surface area (Å²) in [5.41, 5.74) is 0. The van der Waals surface area contributed by atoms with Crippen molar-refractivity contribution in [3.63, 3.8) is 0 Å². The number of unbranched alkanes of at least 4 members (excludes halogenated alkanes) is 1. The Labute approximate surface area is 69.1 Å². The van der Waals surface area contributed by atoms with Crippen molar-refractivity contribution < 1.29 is 5.11 Å². The van der Waals surface area contributed by atoms with E-state index in [9.17, 15) is 5.11 Å². The molecule has 1 atom stereocenters. The van der Waals surface area contributed by atoms with Gasteiger partial charge in [0, 0.05) is 6.42 Å². The van der Waals surface area contributed by atoms with E-state index in [2.05, 4.69) is 12.0 Å². The predicted molar refractivity (Wildman–Crippen MR) is 48.1 cm³/mol. The van der Waals surface area contributed by atoms with Gasteiger partial charge in [0.2, 0.25) is 0 Å². The number of aliphatic hydroxyl groups is 1. The maximum Gasteiger partial charge on any atom is 0.0649 e. The van der Waals surface area contributed by atoms with Gasteiger partial charge >= 0.3 is 0 Å². The first-order valence-electron chi connectivity index (χ1n) is 4.04. The first-order chi connectivity index (χ1) is 5.31. The Balaban J connectivity index is 3.18. The van der Waals surface area contributed by atoms with Crippen molar-refractivity contribution in [2.24, 2.45) is 0 Å². The Hall–Kier alpha value is -0.740. The molecule has 0 aliphatic heterocycles. The summed E-state index contributed by atoms with van der Waals surface area (Å²) in [5, 5.41) is 9.18. The summed E-state index contributed by atoms with van der Waals surface area (Å²) < 4.78 is 0. The second-order valence-electron chi connectivity index (χ2n) is 2.56. The van der Waals surface area contributed by atoms with Crippen molar-refractivity contribution in [1.29, 1.82) is 0 Å². The van der Waals surface area contributed by atoms with E-state index >= 15 is 0 Å². The van der Waals surface area contributed by atoms with Crippen LogP contribution in [0.15, 0.2) is 12.2 Å². The van der Waals surface area contributed by atoms with Gasteiger partial charge in [-0.15, -0.1) is 12.3 Å². The fourth-order valence-corrected chi connectivity index (χ4v) is 0.876. The number of rotatable bonds is 5. The Morgan fingerprint density at radius 2 is 2.36 bits per heavy atom. The smallest absolute Gasteiger partial charge is 0.0649 e. The van der Waals surface area contributed by atoms with Gasteiger partial charge in [0.05, 0.1) is 6.10 Å². The summed E-state index contributed by atoms with van der Waals surface area (Å²) in [4.78, 5) is 0. The lowest BCUT2D eigenvalue weighted by molar-refractivity contribution is 0.167. The van der Waals surface area contributed by atoms with Crippen LogP contribution in [0.3, 0.4) is 0 Å². The minimum absolute atomic E-state index is 0.301. The maximum absolute atomic E-state index is 9.18. The lowest BCUT2D eigenvalue weighted by Gasteiger charge is -2.03. The van der Waals surface area contributed by atoms with Crippen LogP contribution < -0.4 is 0 Å². The number of aliphatic hydroxyl groups excluding tert-OH is 1. The van der Waals surface area contributed by atoms with Gasteiger partial charge in [-0.1, -0.05) is 12.2 Å². The fourth-order valence-electron chi connectivity index (χ4n) is 0.876. The van der Waals surface area contributed by atoms with Crippen LogP contribution in [-0.2, 0) is 0 Å². The standard InChI is InChI=1S/C10H16O/c1-3-5-6-7-9-10(11)8-4-2/h2-3,5,10-11H,6-9H2,1H3. The number of terminal acetylenes is 1. The van der Waals surface area contributed by atoms with Crippen molar-refractivity contribution in [3.8, 4) is 12.3 Å². The van der Waals surface area contributed by atoms with E-state index in [1.54, 1.807) is 0 Å². The van der Waals surface area contributed by atoms with Gasteiger partial charge in [-0.25, -0.2) is 0 Å². The van der Waals surface area contributed by atoms with E-state index in [0.29, 0.717) is 6.42 Å². The molecule has 0 amide bonds. The third-order valence-electron chi connectivity index (χ3n) is 1.50. The zero-order valence-corrected chi connectivity index (χ0v) is 7.09. The molecule has 0 fully saturated rings. The summed E-state index contributed by atoms with van der Waals surface area (Å²) in [6, 6.07) is 0. The van der Waals surface area contributed by atoms with Crippen molar-refractivity contribution in [2.75, 3.05) is 0 Å². The lowest BCUT2D eigenvalue weighted by Crippen LogP contribution is -2.03. The molecule has 0 aliphatic rings. The van der Waals surface area contributed by atoms with Crippen LogP contribution >= 0.6 is 0 Å². The highest BCUT2D eigenvalue weighted by Gasteiger charge is 1.99. The van der Waals surface area contributed by atoms with Gasteiger partial charge < -0.3 is 5.11 Å². The molecule has 0 saturated carbocycles. The molecule has 0 bridgehead atoms. The molecule has 11 heavy (non-hydrogen) atoms. The summed E-state index contributed by atoms with van der Waals surface area (Å²) in [7, 11) is 0. The summed E-state index contributed by atoms with van der Waals surface area (Å²) in [6.45, 7) is 2.00. The number of hydrogen-bond donors (Lipinski definition) is 1. The van der Waals surface area contributed by atoms with Gasteiger partial charge in [0.15, 0.2) is 0 Å². The molecular weight excluding hydrogens is 136 g/mol. The van der Waals surface area contributed by atoms with E-state index in [-0.39, 0.29) is 6.10 Å². The van der Waals surface area contributed by atoms with Gasteiger partial charge in [0.25, 0.3) is 0 Å². The highest BCUT2D eigenvalue weighted by molar-refractivity contribution is 4.87. The normalized spacial score (nSPS) is 13.2. The highest BCUT2D eigenvalue weighted by atomic mass is 16.3. The van der Waals surface area contributed by atoms with E-state index in [1.807, 2.05) is 13.0 Å². The molecule has 1 heteroatoms. The van der Waals surface area contributed by atoms with Crippen LogP contribution in [0.5, 0.6) is 0 Å². The first kappa shape index (κ1) is 10.3. The Morgan fingerprint density at radius 3 is 2.91 bits per heavy atom. The molecule has 1 unspecified atom stereocenters. The molecule has 0 rings (SSSR count). The van der Waals surface area contributed by atoms with Crippen LogP contribution in [0.2, 0.25) is 0 Å². The third kappa shape index (κ3) is 7.15. The topological polar surface area (TPSA) is 20.2 Å². The molecule has 0 aromatic carbocycles. The summed E-state index contributed by atoms with van der Waals surface area (Å²) in [6.07, 6.45) is 12.2. The van der Waals surface area contributed by atoms with Crippen molar-refractivity contribution in [3.05, 3.63) is 12.2 Å². The summed E-state index contributed by atoms with van der Waals surface area (Å²) >= 11 is 0. The molecule has 0 aromatic rings. The average Bonchev–Trinajstić information content (AvgIpc) is 1.99. The van der Waals surface area contributed by atoms with E-state index in [4.69, 9.17) is 6.42 Å². The third-order valence-corrected chi connectivity index (χ3v) is 1.50. The largest absolute Gasteiger partial charge is 0.392 e. The second-order valence-corrected chi connectivity index (χ2v) is 2.56. The SMILES string of the molecule is C#CCC(O)CCCC=CC. The molecule has 0 heterocycles. The van der Waals surface area contributed by atoms with Crippen LogP contribution in [0.4, 0.5) is 0 Å². The van der Waals surface area contributed by atoms with Crippen molar-refractivity contribution >= 4 is 0 Å². The molecule has 1 N–H and O–H groups in total. The molecule has 62 valence electrons. The minimum Gasteiger partial charge on any atom is -0.392 e. The van der Waals surface area contributed by atoms with Gasteiger partial charge in [-0.05, 0) is 26.2 Å². The van der Waals surface area contributed by atoms with Gasteiger partial charge in [0.1, 0.15) is 0 Å². The number of allylic oxidation sites excluding steroid dienone is 2. The zero-order chi connectivity index (χ0) is 8.53. The zero-order valence-electron chi connectivity index (χ0n) is 7.09. The highest BCUT2D eigenvalue weighted by Crippen LogP contribution is 2.03. The lowest BCUT2D eigenvalue weighted by atomic mass is 10.1. The second kappa shape index (κ2) is 7.37. The maximum atomic E-state index is 9.18. The van der Waals surface area contributed by atoms with E-state index in [1.165, 1.54) is 0 Å². The number of hydrogen-bond acceptors (Lipinski definition) is 1. The molecule has 0 spiro atoms. The molecule has 0 aromatic heterocycles. The first-order valence-corrected chi connectivity index (χ1v) is 4.04. The van der Waals surface area contributed by atoms with Crippen LogP contribution in [-0.4, -0.2) is 11.2 Å². The van der Waals surface area contributed by atoms with Gasteiger partial charge in [-0.2, -0.15) is 0 Å². The van der Waals surface area contributed by atoms with Crippen molar-refractivity contribution in [2.45, 2.75) is 38.7 Å².